The number of hydrogen-bond donors (Lipinski definition) is 2. The van der Waals surface area contributed by atoms with Crippen LogP contribution in [0, 0.1) is 24.1 Å². The number of hydrazine groups is 1. The summed E-state index contributed by atoms with van der Waals surface area (Å²) in [7, 11) is 0. The van der Waals surface area contributed by atoms with Crippen molar-refractivity contribution in [2.24, 2.45) is 5.84 Å². The van der Waals surface area contributed by atoms with Gasteiger partial charge in [-0.25, -0.2) is 15.2 Å². The molecule has 0 unspecified atom stereocenters. The maximum absolute atomic E-state index is 13.1. The summed E-state index contributed by atoms with van der Waals surface area (Å²) in [5.74, 6) is 6.37. The Labute approximate surface area is 133 Å². The van der Waals surface area contributed by atoms with E-state index < -0.39 is 5.41 Å². The number of pyridine rings is 1. The van der Waals surface area contributed by atoms with E-state index >= 15 is 0 Å². The average Bonchev–Trinajstić information content (AvgIpc) is 2.53. The van der Waals surface area contributed by atoms with Crippen molar-refractivity contribution in [1.29, 1.82) is 5.26 Å². The number of nitrogen functional groups attached to an aromatic ring is 1. The minimum Gasteiger partial charge on any atom is -0.490 e. The molecule has 0 spiro atoms. The molecule has 1 aromatic heterocycles. The second-order valence-corrected chi connectivity index (χ2v) is 5.78. The summed E-state index contributed by atoms with van der Waals surface area (Å²) in [5, 5.41) is 9.54. The van der Waals surface area contributed by atoms with Crippen molar-refractivity contribution in [3.05, 3.63) is 53.5 Å². The van der Waals surface area contributed by atoms with E-state index in [1.807, 2.05) is 6.92 Å². The highest BCUT2D eigenvalue weighted by Gasteiger charge is 2.47. The van der Waals surface area contributed by atoms with Gasteiger partial charge >= 0.3 is 0 Å². The second-order valence-electron chi connectivity index (χ2n) is 5.78. The van der Waals surface area contributed by atoms with Crippen molar-refractivity contribution in [2.75, 3.05) is 5.43 Å². The molecule has 1 saturated carbocycles. The molecule has 0 bridgehead atoms. The molecule has 0 atom stereocenters. The van der Waals surface area contributed by atoms with Crippen LogP contribution in [0.15, 0.2) is 36.5 Å². The molecule has 3 rings (SSSR count). The fraction of sp³-hybridized carbons (Fsp3) is 0.294. The Morgan fingerprint density at radius 1 is 1.35 bits per heavy atom. The monoisotopic (exact) mass is 312 g/mol. The first kappa shape index (κ1) is 15.3. The quantitative estimate of drug-likeness (QED) is 0.670. The fourth-order valence-electron chi connectivity index (χ4n) is 2.93. The van der Waals surface area contributed by atoms with Crippen LogP contribution in [0.2, 0.25) is 0 Å². The van der Waals surface area contributed by atoms with Crippen molar-refractivity contribution in [3.8, 4) is 11.8 Å². The molecule has 1 fully saturated rings. The fourth-order valence-corrected chi connectivity index (χ4v) is 2.93. The number of nitriles is 1. The van der Waals surface area contributed by atoms with Gasteiger partial charge in [-0.2, -0.15) is 5.26 Å². The van der Waals surface area contributed by atoms with Crippen LogP contribution in [0.4, 0.5) is 10.2 Å². The minimum absolute atomic E-state index is 0.0635. The number of aromatic nitrogens is 1. The van der Waals surface area contributed by atoms with Crippen molar-refractivity contribution < 1.29 is 9.13 Å². The van der Waals surface area contributed by atoms with Gasteiger partial charge in [0.25, 0.3) is 0 Å². The predicted molar refractivity (Wildman–Crippen MR) is 84.1 cm³/mol. The van der Waals surface area contributed by atoms with Crippen molar-refractivity contribution in [2.45, 2.75) is 31.3 Å². The van der Waals surface area contributed by atoms with Gasteiger partial charge in [0, 0.05) is 24.6 Å². The zero-order valence-electron chi connectivity index (χ0n) is 12.7. The Bertz CT molecular complexity index is 748. The highest BCUT2D eigenvalue weighted by molar-refractivity contribution is 5.50. The first-order valence-electron chi connectivity index (χ1n) is 7.34. The van der Waals surface area contributed by atoms with Crippen LogP contribution >= 0.6 is 0 Å². The Morgan fingerprint density at radius 2 is 2.04 bits per heavy atom. The molecule has 0 amide bonds. The number of rotatable bonds is 4. The predicted octanol–water partition coefficient (Wildman–Crippen LogP) is 2.82. The number of nitrogens with two attached hydrogens (primary N) is 1. The molecule has 0 radical (unpaired) electrons. The highest BCUT2D eigenvalue weighted by atomic mass is 19.1. The molecule has 1 aliphatic rings. The third-order valence-corrected chi connectivity index (χ3v) is 4.35. The zero-order valence-corrected chi connectivity index (χ0v) is 12.7. The number of hydrogen-bond acceptors (Lipinski definition) is 5. The van der Waals surface area contributed by atoms with Gasteiger partial charge in [0.1, 0.15) is 23.5 Å². The van der Waals surface area contributed by atoms with Gasteiger partial charge in [0.15, 0.2) is 0 Å². The molecule has 118 valence electrons. The number of nitrogens with one attached hydrogen (secondary N) is 1. The summed E-state index contributed by atoms with van der Waals surface area (Å²) in [6.45, 7) is 1.87. The van der Waals surface area contributed by atoms with Crippen LogP contribution < -0.4 is 16.0 Å². The van der Waals surface area contributed by atoms with E-state index in [0.717, 1.165) is 11.1 Å². The highest BCUT2D eigenvalue weighted by Crippen LogP contribution is 2.45. The molecule has 0 saturated heterocycles. The normalized spacial score (nSPS) is 22.8. The van der Waals surface area contributed by atoms with Crippen molar-refractivity contribution in [1.82, 2.24) is 4.98 Å². The number of benzene rings is 1. The minimum atomic E-state index is -0.603. The van der Waals surface area contributed by atoms with Gasteiger partial charge in [-0.05, 0) is 30.7 Å². The molecular formula is C17H17FN4O. The van der Waals surface area contributed by atoms with E-state index in [1.54, 1.807) is 24.4 Å². The molecule has 1 aromatic carbocycles. The lowest BCUT2D eigenvalue weighted by atomic mass is 9.63. The van der Waals surface area contributed by atoms with Gasteiger partial charge in [-0.15, -0.1) is 0 Å². The van der Waals surface area contributed by atoms with E-state index in [4.69, 9.17) is 10.6 Å². The maximum atomic E-state index is 13.1. The van der Waals surface area contributed by atoms with E-state index in [2.05, 4.69) is 16.5 Å². The topological polar surface area (TPSA) is 84.0 Å². The third-order valence-electron chi connectivity index (χ3n) is 4.35. The Balaban J connectivity index is 1.73. The number of halogens is 1. The van der Waals surface area contributed by atoms with Gasteiger partial charge < -0.3 is 10.2 Å². The molecular weight excluding hydrogens is 295 g/mol. The molecule has 23 heavy (non-hydrogen) atoms. The summed E-state index contributed by atoms with van der Waals surface area (Å²) >= 11 is 0. The van der Waals surface area contributed by atoms with E-state index in [1.165, 1.54) is 12.1 Å². The largest absolute Gasteiger partial charge is 0.490 e. The van der Waals surface area contributed by atoms with Crippen LogP contribution in [-0.4, -0.2) is 11.1 Å². The first-order chi connectivity index (χ1) is 11.1. The summed E-state index contributed by atoms with van der Waals surface area (Å²) in [6, 6.07) is 10.2. The lowest BCUT2D eigenvalue weighted by molar-refractivity contribution is 0.0662. The lowest BCUT2D eigenvalue weighted by Crippen LogP contribution is -2.46. The van der Waals surface area contributed by atoms with Gasteiger partial charge in [0.05, 0.1) is 11.5 Å². The molecule has 5 nitrogen and oxygen atoms in total. The Kier molecular flexibility index (Phi) is 3.89. The molecule has 1 aliphatic carbocycles. The lowest BCUT2D eigenvalue weighted by Gasteiger charge is -2.42. The Hall–Kier alpha value is -2.65. The smallest absolute Gasteiger partial charge is 0.146 e. The standard InChI is InChI=1S/C17H17FN4O/c1-11-15(6-7-21-16(11)22-20)23-14-8-17(9-14,10-19)12-2-4-13(18)5-3-12/h2-7,14H,8-9,20H2,1H3,(H,21,22). The summed E-state index contributed by atoms with van der Waals surface area (Å²) in [4.78, 5) is 4.11. The first-order valence-corrected chi connectivity index (χ1v) is 7.34. The zero-order chi connectivity index (χ0) is 16.4. The molecule has 1 heterocycles. The van der Waals surface area contributed by atoms with Crippen LogP contribution in [0.3, 0.4) is 0 Å². The SMILES string of the molecule is Cc1c(OC2CC(C#N)(c3ccc(F)cc3)C2)ccnc1NN. The average molecular weight is 312 g/mol. The van der Waals surface area contributed by atoms with Gasteiger partial charge in [-0.3, -0.25) is 0 Å². The van der Waals surface area contributed by atoms with Crippen LogP contribution in [0.25, 0.3) is 0 Å². The summed E-state index contributed by atoms with van der Waals surface area (Å²) < 4.78 is 19.0. The van der Waals surface area contributed by atoms with Gasteiger partial charge in [0.2, 0.25) is 0 Å². The van der Waals surface area contributed by atoms with E-state index in [9.17, 15) is 9.65 Å². The van der Waals surface area contributed by atoms with Crippen molar-refractivity contribution >= 4 is 5.82 Å². The van der Waals surface area contributed by atoms with E-state index in [-0.39, 0.29) is 11.9 Å². The number of ether oxygens (including phenoxy) is 1. The Morgan fingerprint density at radius 3 is 2.65 bits per heavy atom. The molecule has 6 heteroatoms. The molecule has 0 aliphatic heterocycles. The van der Waals surface area contributed by atoms with Crippen LogP contribution in [0.5, 0.6) is 5.75 Å². The summed E-state index contributed by atoms with van der Waals surface area (Å²) in [5.41, 5.74) is 3.58. The molecule has 3 N–H and O–H groups in total. The van der Waals surface area contributed by atoms with Crippen LogP contribution in [-0.2, 0) is 5.41 Å². The third kappa shape index (κ3) is 2.71. The van der Waals surface area contributed by atoms with Crippen molar-refractivity contribution in [3.63, 3.8) is 0 Å². The summed E-state index contributed by atoms with van der Waals surface area (Å²) in [6.07, 6.45) is 2.70. The second kappa shape index (κ2) is 5.86. The van der Waals surface area contributed by atoms with E-state index in [0.29, 0.717) is 24.4 Å². The van der Waals surface area contributed by atoms with Gasteiger partial charge in [-0.1, -0.05) is 12.1 Å². The maximum Gasteiger partial charge on any atom is 0.146 e. The number of nitrogens with zero attached hydrogens (tertiary/aromatic N) is 2. The molecule has 2 aromatic rings. The number of anilines is 1. The van der Waals surface area contributed by atoms with Crippen LogP contribution in [0.1, 0.15) is 24.0 Å².